The second kappa shape index (κ2) is 5.79. The predicted octanol–water partition coefficient (Wildman–Crippen LogP) is 2.37. The van der Waals surface area contributed by atoms with Crippen LogP contribution < -0.4 is 0 Å². The minimum atomic E-state index is -1.20. The Hall–Kier alpha value is -1.99. The minimum absolute atomic E-state index is 0.377. The molecule has 0 amide bonds. The van der Waals surface area contributed by atoms with Crippen molar-refractivity contribution in [3.8, 4) is 11.3 Å². The molecule has 0 aliphatic heterocycles. The Labute approximate surface area is 128 Å². The third kappa shape index (κ3) is 3.03. The van der Waals surface area contributed by atoms with Crippen LogP contribution in [0.25, 0.3) is 11.3 Å². The molecule has 0 spiro atoms. The smallest absolute Gasteiger partial charge is 0.221 e. The second-order valence-corrected chi connectivity index (χ2v) is 6.09. The Morgan fingerprint density at radius 3 is 2.81 bits per heavy atom. The third-order valence-corrected chi connectivity index (χ3v) is 3.94. The van der Waals surface area contributed by atoms with Gasteiger partial charge in [0.1, 0.15) is 12.0 Å². The van der Waals surface area contributed by atoms with Crippen LogP contribution in [0.15, 0.2) is 46.3 Å². The van der Waals surface area contributed by atoms with Gasteiger partial charge in [-0.3, -0.25) is 8.78 Å². The van der Waals surface area contributed by atoms with E-state index in [0.717, 1.165) is 5.56 Å². The summed E-state index contributed by atoms with van der Waals surface area (Å²) in [5.41, 5.74) is 1.63. The van der Waals surface area contributed by atoms with E-state index in [4.69, 9.17) is 16.1 Å². The van der Waals surface area contributed by atoms with Gasteiger partial charge in [0.2, 0.25) is 5.16 Å². The Kier molecular flexibility index (Phi) is 3.85. The van der Waals surface area contributed by atoms with E-state index in [-0.39, 0.29) is 0 Å². The molecule has 0 radical (unpaired) electrons. The fourth-order valence-electron chi connectivity index (χ4n) is 1.89. The molecule has 3 rings (SSSR count). The van der Waals surface area contributed by atoms with Gasteiger partial charge in [-0.1, -0.05) is 28.9 Å². The van der Waals surface area contributed by atoms with E-state index in [0.29, 0.717) is 28.2 Å². The molecule has 0 N–H and O–H groups in total. The highest BCUT2D eigenvalue weighted by Gasteiger charge is 2.12. The standard InChI is InChI=1S/C13H11ClN4O2S/c1-21(19)13-16-15-8-18(13)7-11-6-12(17-20-11)9-2-4-10(14)5-3-9/h2-6,8H,7H2,1H3/t21-/m0/s1. The van der Waals surface area contributed by atoms with E-state index < -0.39 is 10.8 Å². The van der Waals surface area contributed by atoms with Gasteiger partial charge >= 0.3 is 0 Å². The monoisotopic (exact) mass is 322 g/mol. The van der Waals surface area contributed by atoms with Crippen molar-refractivity contribution in [1.29, 1.82) is 0 Å². The molecule has 8 heteroatoms. The molecule has 0 aliphatic carbocycles. The molecule has 1 atom stereocenters. The van der Waals surface area contributed by atoms with Crippen molar-refractivity contribution >= 4 is 22.4 Å². The highest BCUT2D eigenvalue weighted by molar-refractivity contribution is 7.84. The summed E-state index contributed by atoms with van der Waals surface area (Å²) in [4.78, 5) is 0. The maximum Gasteiger partial charge on any atom is 0.221 e. The lowest BCUT2D eigenvalue weighted by Gasteiger charge is -2.00. The Morgan fingerprint density at radius 2 is 2.10 bits per heavy atom. The molecule has 21 heavy (non-hydrogen) atoms. The second-order valence-electron chi connectivity index (χ2n) is 4.38. The molecule has 0 fully saturated rings. The van der Waals surface area contributed by atoms with Crippen molar-refractivity contribution < 1.29 is 8.73 Å². The molecular formula is C13H11ClN4O2S. The predicted molar refractivity (Wildman–Crippen MR) is 78.4 cm³/mol. The molecule has 6 nitrogen and oxygen atoms in total. The number of rotatable bonds is 4. The lowest BCUT2D eigenvalue weighted by Crippen LogP contribution is -2.04. The van der Waals surface area contributed by atoms with Crippen molar-refractivity contribution in [3.05, 3.63) is 47.4 Å². The van der Waals surface area contributed by atoms with Crippen molar-refractivity contribution in [1.82, 2.24) is 19.9 Å². The molecule has 0 unspecified atom stereocenters. The average Bonchev–Trinajstić information content (AvgIpc) is 3.09. The van der Waals surface area contributed by atoms with Crippen LogP contribution in [-0.4, -0.2) is 30.4 Å². The van der Waals surface area contributed by atoms with Gasteiger partial charge in [0.15, 0.2) is 5.76 Å². The van der Waals surface area contributed by atoms with E-state index in [2.05, 4.69) is 15.4 Å². The number of hydrogen-bond acceptors (Lipinski definition) is 5. The summed E-state index contributed by atoms with van der Waals surface area (Å²) in [6, 6.07) is 9.16. The number of benzene rings is 1. The molecule has 1 aromatic carbocycles. The maximum absolute atomic E-state index is 11.5. The quantitative estimate of drug-likeness (QED) is 0.737. The van der Waals surface area contributed by atoms with Crippen LogP contribution in [-0.2, 0) is 17.3 Å². The Balaban J connectivity index is 1.83. The van der Waals surface area contributed by atoms with Gasteiger partial charge in [-0.15, -0.1) is 10.2 Å². The number of aromatic nitrogens is 4. The Morgan fingerprint density at radius 1 is 1.33 bits per heavy atom. The van der Waals surface area contributed by atoms with E-state index in [9.17, 15) is 4.21 Å². The summed E-state index contributed by atoms with van der Waals surface area (Å²) in [5.74, 6) is 0.631. The van der Waals surface area contributed by atoms with Crippen molar-refractivity contribution in [2.75, 3.05) is 6.26 Å². The van der Waals surface area contributed by atoms with Crippen molar-refractivity contribution in [2.24, 2.45) is 0 Å². The molecule has 108 valence electrons. The Bertz CT molecular complexity index is 782. The number of halogens is 1. The topological polar surface area (TPSA) is 73.8 Å². The van der Waals surface area contributed by atoms with Crippen LogP contribution in [0.3, 0.4) is 0 Å². The van der Waals surface area contributed by atoms with Gasteiger partial charge in [0.05, 0.1) is 17.3 Å². The maximum atomic E-state index is 11.5. The van der Waals surface area contributed by atoms with E-state index >= 15 is 0 Å². The molecule has 2 aromatic heterocycles. The molecule has 0 bridgehead atoms. The summed E-state index contributed by atoms with van der Waals surface area (Å²) in [6.07, 6.45) is 3.07. The fraction of sp³-hybridized carbons (Fsp3) is 0.154. The number of hydrogen-bond donors (Lipinski definition) is 0. The molecule has 0 aliphatic rings. The first kappa shape index (κ1) is 14.0. The van der Waals surface area contributed by atoms with Crippen molar-refractivity contribution in [3.63, 3.8) is 0 Å². The normalized spacial score (nSPS) is 12.5. The summed E-state index contributed by atoms with van der Waals surface area (Å²) in [7, 11) is -1.20. The minimum Gasteiger partial charge on any atom is -0.359 e. The molecule has 3 aromatic rings. The molecule has 0 saturated heterocycles. The zero-order valence-corrected chi connectivity index (χ0v) is 12.6. The van der Waals surface area contributed by atoms with Gasteiger partial charge in [-0.25, -0.2) is 0 Å². The van der Waals surface area contributed by atoms with Crippen LogP contribution in [0, 0.1) is 0 Å². The summed E-state index contributed by atoms with van der Waals surface area (Å²) in [6.45, 7) is 0.377. The van der Waals surface area contributed by atoms with Gasteiger partial charge in [0, 0.05) is 22.9 Å². The third-order valence-electron chi connectivity index (χ3n) is 2.86. The lowest BCUT2D eigenvalue weighted by atomic mass is 10.1. The highest BCUT2D eigenvalue weighted by atomic mass is 35.5. The van der Waals surface area contributed by atoms with E-state index in [1.807, 2.05) is 18.2 Å². The first-order chi connectivity index (χ1) is 10.1. The van der Waals surface area contributed by atoms with Crippen LogP contribution >= 0.6 is 11.6 Å². The first-order valence-electron chi connectivity index (χ1n) is 6.06. The zero-order valence-electron chi connectivity index (χ0n) is 11.1. The summed E-state index contributed by atoms with van der Waals surface area (Å²) < 4.78 is 18.5. The van der Waals surface area contributed by atoms with Crippen LogP contribution in [0.4, 0.5) is 0 Å². The largest absolute Gasteiger partial charge is 0.359 e. The molecule has 0 saturated carbocycles. The van der Waals surface area contributed by atoms with E-state index in [1.165, 1.54) is 6.33 Å². The van der Waals surface area contributed by atoms with Crippen LogP contribution in [0.1, 0.15) is 5.76 Å². The van der Waals surface area contributed by atoms with Crippen LogP contribution in [0.2, 0.25) is 5.02 Å². The van der Waals surface area contributed by atoms with Gasteiger partial charge in [0.25, 0.3) is 0 Å². The highest BCUT2D eigenvalue weighted by Crippen LogP contribution is 2.21. The summed E-state index contributed by atoms with van der Waals surface area (Å²) >= 11 is 5.86. The summed E-state index contributed by atoms with van der Waals surface area (Å²) in [5, 5.41) is 12.7. The molecular weight excluding hydrogens is 312 g/mol. The van der Waals surface area contributed by atoms with Gasteiger partial charge < -0.3 is 4.52 Å². The molecule has 2 heterocycles. The van der Waals surface area contributed by atoms with Gasteiger partial charge in [-0.05, 0) is 12.1 Å². The fourth-order valence-corrected chi connectivity index (χ4v) is 2.62. The van der Waals surface area contributed by atoms with Gasteiger partial charge in [-0.2, -0.15) is 0 Å². The SMILES string of the molecule is C[S@](=O)c1nncn1Cc1cc(-c2ccc(Cl)cc2)no1. The zero-order chi connectivity index (χ0) is 14.8. The van der Waals surface area contributed by atoms with Crippen molar-refractivity contribution in [2.45, 2.75) is 11.7 Å². The number of nitrogens with zero attached hydrogens (tertiary/aromatic N) is 4. The first-order valence-corrected chi connectivity index (χ1v) is 8.00. The average molecular weight is 323 g/mol. The van der Waals surface area contributed by atoms with E-state index in [1.54, 1.807) is 23.0 Å². The van der Waals surface area contributed by atoms with Crippen LogP contribution in [0.5, 0.6) is 0 Å². The lowest BCUT2D eigenvalue weighted by molar-refractivity contribution is 0.374.